The smallest absolute Gasteiger partial charge is 0.319 e. The van der Waals surface area contributed by atoms with Crippen molar-refractivity contribution in [1.29, 1.82) is 0 Å². The van der Waals surface area contributed by atoms with Crippen molar-refractivity contribution in [2.75, 3.05) is 5.32 Å². The van der Waals surface area contributed by atoms with Crippen molar-refractivity contribution in [1.82, 2.24) is 30.2 Å². The minimum atomic E-state index is -0.348. The van der Waals surface area contributed by atoms with Gasteiger partial charge in [-0.15, -0.1) is 10.2 Å². The third kappa shape index (κ3) is 4.05. The third-order valence-corrected chi connectivity index (χ3v) is 3.76. The molecule has 0 unspecified atom stereocenters. The molecule has 0 aliphatic heterocycles. The molecule has 0 aliphatic carbocycles. The minimum absolute atomic E-state index is 0.286. The number of carbonyl (C=O) groups is 1. The van der Waals surface area contributed by atoms with Crippen molar-refractivity contribution >= 4 is 11.7 Å². The number of anilines is 1. The average Bonchev–Trinajstić information content (AvgIpc) is 3.30. The summed E-state index contributed by atoms with van der Waals surface area (Å²) in [7, 11) is 0. The monoisotopic (exact) mass is 355 g/mol. The molecule has 136 valence electrons. The predicted octanol–water partition coefficient (Wildman–Crippen LogP) is 2.62. The highest BCUT2D eigenvalue weighted by Gasteiger charge is 2.14. The molecule has 9 heteroatoms. The molecule has 0 bridgehead atoms. The van der Waals surface area contributed by atoms with Gasteiger partial charge in [0.2, 0.25) is 0 Å². The Morgan fingerprint density at radius 3 is 2.88 bits per heavy atom. The second-order valence-corrected chi connectivity index (χ2v) is 5.66. The van der Waals surface area contributed by atoms with Crippen LogP contribution in [0.15, 0.2) is 35.1 Å². The molecule has 2 aromatic heterocycles. The van der Waals surface area contributed by atoms with E-state index in [0.29, 0.717) is 35.2 Å². The van der Waals surface area contributed by atoms with Crippen LogP contribution in [0.3, 0.4) is 0 Å². The molecule has 26 heavy (non-hydrogen) atoms. The van der Waals surface area contributed by atoms with Gasteiger partial charge in [0, 0.05) is 13.0 Å². The van der Waals surface area contributed by atoms with Crippen LogP contribution in [0.4, 0.5) is 10.5 Å². The quantitative estimate of drug-likeness (QED) is 0.674. The summed E-state index contributed by atoms with van der Waals surface area (Å²) in [6.07, 6.45) is 3.31. The van der Waals surface area contributed by atoms with Gasteiger partial charge in [-0.05, 0) is 18.6 Å². The van der Waals surface area contributed by atoms with Crippen LogP contribution in [-0.2, 0) is 19.5 Å². The van der Waals surface area contributed by atoms with Gasteiger partial charge in [-0.3, -0.25) is 0 Å². The summed E-state index contributed by atoms with van der Waals surface area (Å²) in [4.78, 5) is 16.6. The van der Waals surface area contributed by atoms with Gasteiger partial charge in [0.25, 0.3) is 5.89 Å². The molecule has 0 saturated heterocycles. The van der Waals surface area contributed by atoms with E-state index in [2.05, 4.69) is 37.9 Å². The summed E-state index contributed by atoms with van der Waals surface area (Å²) in [5, 5.41) is 17.4. The van der Waals surface area contributed by atoms with Crippen molar-refractivity contribution in [3.05, 3.63) is 42.2 Å². The maximum Gasteiger partial charge on any atom is 0.319 e. The zero-order chi connectivity index (χ0) is 18.4. The van der Waals surface area contributed by atoms with Crippen molar-refractivity contribution in [3.63, 3.8) is 0 Å². The number of amides is 2. The fourth-order valence-corrected chi connectivity index (χ4v) is 2.45. The Balaban J connectivity index is 1.67. The number of nitrogens with zero attached hydrogens (tertiary/aromatic N) is 5. The highest BCUT2D eigenvalue weighted by atomic mass is 16.5. The average molecular weight is 355 g/mol. The first-order valence-corrected chi connectivity index (χ1v) is 8.54. The molecule has 0 fully saturated rings. The van der Waals surface area contributed by atoms with Gasteiger partial charge in [-0.2, -0.15) is 4.98 Å². The Bertz CT molecular complexity index is 871. The SMILES string of the molecule is CCCn1cnnc1CNC(=O)Nc1ccccc1-c1nc(CC)no1. The maximum atomic E-state index is 12.3. The Kier molecular flexibility index (Phi) is 5.57. The highest BCUT2D eigenvalue weighted by molar-refractivity contribution is 5.93. The van der Waals surface area contributed by atoms with Gasteiger partial charge in [-0.1, -0.05) is 31.1 Å². The van der Waals surface area contributed by atoms with E-state index in [0.717, 1.165) is 13.0 Å². The van der Waals surface area contributed by atoms with E-state index < -0.39 is 0 Å². The second-order valence-electron chi connectivity index (χ2n) is 5.66. The first-order chi connectivity index (χ1) is 12.7. The fraction of sp³-hybridized carbons (Fsp3) is 0.353. The van der Waals surface area contributed by atoms with Gasteiger partial charge < -0.3 is 19.7 Å². The Labute approximate surface area is 150 Å². The van der Waals surface area contributed by atoms with E-state index in [1.54, 1.807) is 12.4 Å². The van der Waals surface area contributed by atoms with Crippen LogP contribution >= 0.6 is 0 Å². The topological polar surface area (TPSA) is 111 Å². The van der Waals surface area contributed by atoms with Crippen molar-refractivity contribution in [3.8, 4) is 11.5 Å². The van der Waals surface area contributed by atoms with Gasteiger partial charge in [-0.25, -0.2) is 4.79 Å². The number of urea groups is 1. The molecule has 0 atom stereocenters. The lowest BCUT2D eigenvalue weighted by molar-refractivity contribution is 0.251. The second kappa shape index (κ2) is 8.24. The normalized spacial score (nSPS) is 10.7. The number of hydrogen-bond donors (Lipinski definition) is 2. The number of nitrogens with one attached hydrogen (secondary N) is 2. The molecule has 3 aromatic rings. The maximum absolute atomic E-state index is 12.3. The summed E-state index contributed by atoms with van der Waals surface area (Å²) in [6, 6.07) is 6.93. The molecule has 9 nitrogen and oxygen atoms in total. The molecule has 0 saturated carbocycles. The molecule has 0 radical (unpaired) electrons. The lowest BCUT2D eigenvalue weighted by Gasteiger charge is -2.10. The van der Waals surface area contributed by atoms with Crippen LogP contribution < -0.4 is 10.6 Å². The number of carbonyl (C=O) groups excluding carboxylic acids is 1. The number of hydrogen-bond acceptors (Lipinski definition) is 6. The number of rotatable bonds is 7. The Morgan fingerprint density at radius 2 is 2.12 bits per heavy atom. The summed E-state index contributed by atoms with van der Waals surface area (Å²) in [6.45, 7) is 5.12. The van der Waals surface area contributed by atoms with Crippen LogP contribution in [0.25, 0.3) is 11.5 Å². The van der Waals surface area contributed by atoms with E-state index in [4.69, 9.17) is 4.52 Å². The molecule has 2 amide bonds. The zero-order valence-electron chi connectivity index (χ0n) is 14.8. The van der Waals surface area contributed by atoms with Crippen molar-refractivity contribution in [2.45, 2.75) is 39.8 Å². The lowest BCUT2D eigenvalue weighted by Crippen LogP contribution is -2.29. The van der Waals surface area contributed by atoms with Gasteiger partial charge in [0.05, 0.1) is 17.8 Å². The van der Waals surface area contributed by atoms with Crippen LogP contribution in [0.2, 0.25) is 0 Å². The molecule has 3 rings (SSSR count). The number of benzene rings is 1. The molecular weight excluding hydrogens is 334 g/mol. The van der Waals surface area contributed by atoms with Gasteiger partial charge in [0.1, 0.15) is 6.33 Å². The van der Waals surface area contributed by atoms with Crippen LogP contribution in [0.1, 0.15) is 31.9 Å². The van der Waals surface area contributed by atoms with E-state index >= 15 is 0 Å². The Morgan fingerprint density at radius 1 is 1.27 bits per heavy atom. The number of aromatic nitrogens is 5. The van der Waals surface area contributed by atoms with E-state index in [9.17, 15) is 4.79 Å². The van der Waals surface area contributed by atoms with E-state index in [-0.39, 0.29) is 12.6 Å². The molecule has 2 heterocycles. The summed E-state index contributed by atoms with van der Waals surface area (Å²) >= 11 is 0. The third-order valence-electron chi connectivity index (χ3n) is 3.76. The molecule has 0 spiro atoms. The number of aryl methyl sites for hydroxylation is 2. The lowest BCUT2D eigenvalue weighted by atomic mass is 10.2. The van der Waals surface area contributed by atoms with Gasteiger partial charge >= 0.3 is 6.03 Å². The van der Waals surface area contributed by atoms with Gasteiger partial charge in [0.15, 0.2) is 11.6 Å². The predicted molar refractivity (Wildman–Crippen MR) is 95.3 cm³/mol. The first-order valence-electron chi connectivity index (χ1n) is 8.54. The summed E-state index contributed by atoms with van der Waals surface area (Å²) in [5.74, 6) is 1.70. The number of para-hydroxylation sites is 1. The molecule has 1 aromatic carbocycles. The fourth-order valence-electron chi connectivity index (χ4n) is 2.45. The first kappa shape index (κ1) is 17.6. The highest BCUT2D eigenvalue weighted by Crippen LogP contribution is 2.26. The zero-order valence-corrected chi connectivity index (χ0v) is 14.8. The van der Waals surface area contributed by atoms with Crippen molar-refractivity contribution in [2.24, 2.45) is 0 Å². The van der Waals surface area contributed by atoms with Crippen LogP contribution in [-0.4, -0.2) is 30.9 Å². The molecular formula is C17H21N7O2. The van der Waals surface area contributed by atoms with Crippen molar-refractivity contribution < 1.29 is 9.32 Å². The van der Waals surface area contributed by atoms with E-state index in [1.165, 1.54) is 0 Å². The van der Waals surface area contributed by atoms with Crippen LogP contribution in [0, 0.1) is 0 Å². The minimum Gasteiger partial charge on any atom is -0.334 e. The van der Waals surface area contributed by atoms with E-state index in [1.807, 2.05) is 29.7 Å². The van der Waals surface area contributed by atoms with Crippen LogP contribution in [0.5, 0.6) is 0 Å². The molecule has 0 aliphatic rings. The summed E-state index contributed by atoms with van der Waals surface area (Å²) in [5.41, 5.74) is 1.26. The largest absolute Gasteiger partial charge is 0.334 e. The standard InChI is InChI=1S/C17H21N7O2/c1-3-9-24-11-19-22-15(24)10-18-17(25)20-13-8-6-5-7-12(13)16-21-14(4-2)23-26-16/h5-8,11H,3-4,9-10H2,1-2H3,(H2,18,20,25). The molecule has 2 N–H and O–H groups in total. The summed E-state index contributed by atoms with van der Waals surface area (Å²) < 4.78 is 7.19. The Hall–Kier alpha value is -3.23.